The fraction of sp³-hybridized carbons (Fsp3) is 0. The zero-order chi connectivity index (χ0) is 18.3. The fourth-order valence-electron chi connectivity index (χ4n) is 2.74. The van der Waals surface area contributed by atoms with Crippen molar-refractivity contribution in [2.75, 3.05) is 0 Å². The van der Waals surface area contributed by atoms with Crippen molar-refractivity contribution in [2.45, 2.75) is 0 Å². The van der Waals surface area contributed by atoms with Crippen LogP contribution in [0.3, 0.4) is 0 Å². The van der Waals surface area contributed by atoms with Crippen LogP contribution < -0.4 is 0 Å². The number of carboxylic acids is 1. The maximum atomic E-state index is 11.2. The average Bonchev–Trinajstić information content (AvgIpc) is 3.05. The first-order valence-corrected chi connectivity index (χ1v) is 8.42. The normalized spacial score (nSPS) is 11.0. The van der Waals surface area contributed by atoms with E-state index in [2.05, 4.69) is 9.97 Å². The van der Waals surface area contributed by atoms with E-state index in [1.165, 1.54) is 6.20 Å². The number of hydrogen-bond donors (Lipinski definition) is 1. The lowest BCUT2D eigenvalue weighted by Crippen LogP contribution is -1.99. The van der Waals surface area contributed by atoms with Crippen molar-refractivity contribution in [3.05, 3.63) is 76.5 Å². The first kappa shape index (κ1) is 16.6. The number of halogens is 2. The van der Waals surface area contributed by atoms with Gasteiger partial charge in [-0.2, -0.15) is 0 Å². The summed E-state index contributed by atoms with van der Waals surface area (Å²) in [6, 6.07) is 14.0. The number of fused-ring (bicyclic) bond motifs is 1. The van der Waals surface area contributed by atoms with E-state index in [9.17, 15) is 9.90 Å². The van der Waals surface area contributed by atoms with Crippen molar-refractivity contribution in [1.82, 2.24) is 14.5 Å². The molecular formula is C19H11Cl2N3O2. The molecule has 0 atom stereocenters. The van der Waals surface area contributed by atoms with Crippen LogP contribution in [0, 0.1) is 0 Å². The molecule has 1 N–H and O–H groups in total. The van der Waals surface area contributed by atoms with E-state index in [4.69, 9.17) is 23.2 Å². The summed E-state index contributed by atoms with van der Waals surface area (Å²) in [5.74, 6) is -0.455. The van der Waals surface area contributed by atoms with Crippen LogP contribution in [-0.4, -0.2) is 25.6 Å². The summed E-state index contributed by atoms with van der Waals surface area (Å²) in [5.41, 5.74) is 2.25. The standard InChI is InChI=1S/C19H11Cl2N3O2/c20-14-9-15(21)18(22-10-14)24-7-6-11-4-5-16(23-17(11)24)12-2-1-3-13(8-12)19(25)26/h1-10H,(H,25,26). The number of pyridine rings is 2. The predicted octanol–water partition coefficient (Wildman–Crippen LogP) is 5.09. The second-order valence-corrected chi connectivity index (χ2v) is 6.48. The minimum Gasteiger partial charge on any atom is -0.478 e. The first-order chi connectivity index (χ1) is 12.5. The molecule has 0 radical (unpaired) electrons. The van der Waals surface area contributed by atoms with Crippen LogP contribution in [0.25, 0.3) is 28.1 Å². The minimum absolute atomic E-state index is 0.210. The molecule has 128 valence electrons. The fourth-order valence-corrected chi connectivity index (χ4v) is 3.21. The summed E-state index contributed by atoms with van der Waals surface area (Å²) in [7, 11) is 0. The van der Waals surface area contributed by atoms with Crippen molar-refractivity contribution in [3.8, 4) is 17.1 Å². The van der Waals surface area contributed by atoms with Crippen molar-refractivity contribution >= 4 is 40.2 Å². The van der Waals surface area contributed by atoms with Crippen molar-refractivity contribution in [2.24, 2.45) is 0 Å². The average molecular weight is 384 g/mol. The molecule has 0 aliphatic heterocycles. The van der Waals surface area contributed by atoms with E-state index in [0.717, 1.165) is 10.9 Å². The lowest BCUT2D eigenvalue weighted by molar-refractivity contribution is 0.0697. The van der Waals surface area contributed by atoms with Gasteiger partial charge in [-0.1, -0.05) is 35.3 Å². The summed E-state index contributed by atoms with van der Waals surface area (Å²) in [5, 5.41) is 11.0. The Hall–Kier alpha value is -2.89. The third-order valence-corrected chi connectivity index (χ3v) is 4.44. The van der Waals surface area contributed by atoms with Crippen molar-refractivity contribution in [3.63, 3.8) is 0 Å². The molecule has 0 amide bonds. The van der Waals surface area contributed by atoms with E-state index >= 15 is 0 Å². The molecule has 0 saturated carbocycles. The third-order valence-electron chi connectivity index (χ3n) is 3.96. The van der Waals surface area contributed by atoms with Gasteiger partial charge in [0.1, 0.15) is 5.65 Å². The molecular weight excluding hydrogens is 373 g/mol. The van der Waals surface area contributed by atoms with Gasteiger partial charge in [0.2, 0.25) is 0 Å². The monoisotopic (exact) mass is 383 g/mol. The second kappa shape index (κ2) is 6.44. The largest absolute Gasteiger partial charge is 0.478 e. The van der Waals surface area contributed by atoms with E-state index in [0.29, 0.717) is 27.2 Å². The molecule has 0 aliphatic rings. The molecule has 4 aromatic rings. The molecule has 3 heterocycles. The quantitative estimate of drug-likeness (QED) is 0.534. The van der Waals surface area contributed by atoms with Crippen molar-refractivity contribution in [1.29, 1.82) is 0 Å². The molecule has 0 spiro atoms. The highest BCUT2D eigenvalue weighted by Crippen LogP contribution is 2.27. The number of carboxylic acid groups (broad SMARTS) is 1. The lowest BCUT2D eigenvalue weighted by Gasteiger charge is -2.08. The maximum absolute atomic E-state index is 11.2. The number of benzene rings is 1. The van der Waals surface area contributed by atoms with Gasteiger partial charge in [-0.05, 0) is 36.4 Å². The molecule has 0 bridgehead atoms. The van der Waals surface area contributed by atoms with Crippen LogP contribution in [0.2, 0.25) is 10.0 Å². The number of aromatic carboxylic acids is 1. The summed E-state index contributed by atoms with van der Waals surface area (Å²) in [4.78, 5) is 20.2. The zero-order valence-electron chi connectivity index (χ0n) is 13.2. The molecule has 0 saturated heterocycles. The van der Waals surface area contributed by atoms with Crippen molar-refractivity contribution < 1.29 is 9.90 Å². The Morgan fingerprint density at radius 1 is 1.08 bits per heavy atom. The number of carbonyl (C=O) groups is 1. The highest BCUT2D eigenvalue weighted by atomic mass is 35.5. The third kappa shape index (κ3) is 2.92. The summed E-state index contributed by atoms with van der Waals surface area (Å²) >= 11 is 12.2. The summed E-state index contributed by atoms with van der Waals surface area (Å²) in [6.07, 6.45) is 3.35. The van der Waals surface area contributed by atoms with E-state index in [-0.39, 0.29) is 5.56 Å². The molecule has 1 aromatic carbocycles. The van der Waals surface area contributed by atoms with Gasteiger partial charge < -0.3 is 5.11 Å². The van der Waals surface area contributed by atoms with Crippen LogP contribution in [-0.2, 0) is 0 Å². The van der Waals surface area contributed by atoms with E-state index < -0.39 is 5.97 Å². The molecule has 26 heavy (non-hydrogen) atoms. The maximum Gasteiger partial charge on any atom is 0.335 e. The minimum atomic E-state index is -0.978. The topological polar surface area (TPSA) is 68.0 Å². The van der Waals surface area contributed by atoms with Gasteiger partial charge in [-0.15, -0.1) is 0 Å². The second-order valence-electron chi connectivity index (χ2n) is 5.64. The highest BCUT2D eigenvalue weighted by molar-refractivity contribution is 6.35. The van der Waals surface area contributed by atoms with Crippen LogP contribution in [0.15, 0.2) is 60.9 Å². The molecule has 0 aliphatic carbocycles. The number of rotatable bonds is 3. The Morgan fingerprint density at radius 2 is 1.92 bits per heavy atom. The van der Waals surface area contributed by atoms with E-state index in [1.54, 1.807) is 28.8 Å². The Bertz CT molecular complexity index is 1150. The summed E-state index contributed by atoms with van der Waals surface area (Å²) < 4.78 is 1.78. The SMILES string of the molecule is O=C(O)c1cccc(-c2ccc3ccn(-c4ncc(Cl)cc4Cl)c3n2)c1. The highest BCUT2D eigenvalue weighted by Gasteiger charge is 2.12. The zero-order valence-corrected chi connectivity index (χ0v) is 14.7. The summed E-state index contributed by atoms with van der Waals surface area (Å²) in [6.45, 7) is 0. The smallest absolute Gasteiger partial charge is 0.335 e. The van der Waals surface area contributed by atoms with Gasteiger partial charge in [-0.3, -0.25) is 4.57 Å². The van der Waals surface area contributed by atoms with Crippen LogP contribution >= 0.6 is 23.2 Å². The Kier molecular flexibility index (Phi) is 4.11. The molecule has 0 fully saturated rings. The van der Waals surface area contributed by atoms with Crippen LogP contribution in [0.1, 0.15) is 10.4 Å². The first-order valence-electron chi connectivity index (χ1n) is 7.66. The van der Waals surface area contributed by atoms with Gasteiger partial charge in [0.25, 0.3) is 0 Å². The van der Waals surface area contributed by atoms with Gasteiger partial charge >= 0.3 is 5.97 Å². The molecule has 3 aromatic heterocycles. The molecule has 4 rings (SSSR count). The molecule has 0 unspecified atom stereocenters. The van der Waals surface area contributed by atoms with Gasteiger partial charge in [0.05, 0.1) is 21.3 Å². The Labute approximate surface area is 158 Å². The Balaban J connectivity index is 1.87. The van der Waals surface area contributed by atoms with Gasteiger partial charge in [0, 0.05) is 23.3 Å². The molecule has 7 heteroatoms. The Morgan fingerprint density at radius 3 is 2.69 bits per heavy atom. The number of aromatic nitrogens is 3. The number of nitrogens with zero attached hydrogens (tertiary/aromatic N) is 3. The van der Waals surface area contributed by atoms with Crippen LogP contribution in [0.5, 0.6) is 0 Å². The van der Waals surface area contributed by atoms with Crippen LogP contribution in [0.4, 0.5) is 0 Å². The lowest BCUT2D eigenvalue weighted by atomic mass is 10.1. The van der Waals surface area contributed by atoms with E-state index in [1.807, 2.05) is 30.5 Å². The molecule has 5 nitrogen and oxygen atoms in total. The van der Waals surface area contributed by atoms with Gasteiger partial charge in [0.15, 0.2) is 5.82 Å². The predicted molar refractivity (Wildman–Crippen MR) is 101 cm³/mol. The van der Waals surface area contributed by atoms with Gasteiger partial charge in [-0.25, -0.2) is 14.8 Å². The number of hydrogen-bond acceptors (Lipinski definition) is 3.